The summed E-state index contributed by atoms with van der Waals surface area (Å²) in [7, 11) is -3.75. The second-order valence-electron chi connectivity index (χ2n) is 8.97. The van der Waals surface area contributed by atoms with Crippen molar-refractivity contribution < 1.29 is 22.4 Å². The molecule has 0 aliphatic carbocycles. The molecule has 0 radical (unpaired) electrons. The van der Waals surface area contributed by atoms with Crippen molar-refractivity contribution in [2.75, 3.05) is 23.7 Å². The van der Waals surface area contributed by atoms with E-state index < -0.39 is 21.9 Å². The van der Waals surface area contributed by atoms with Gasteiger partial charge in [-0.15, -0.1) is 0 Å². The zero-order valence-corrected chi connectivity index (χ0v) is 22.5. The number of sulfonamides is 1. The van der Waals surface area contributed by atoms with E-state index in [9.17, 15) is 22.4 Å². The molecule has 0 saturated carbocycles. The first kappa shape index (κ1) is 29.3. The number of unbranched alkanes of at least 4 members (excludes halogenated alkanes) is 1. The minimum absolute atomic E-state index is 0.0189. The Hall–Kier alpha value is -2.94. The maximum atomic E-state index is 14.3. The number of carbonyl (C=O) groups excluding carboxylic acids is 2. The Labute approximate surface area is 214 Å². The fraction of sp³-hybridized carbons (Fsp3) is 0.481. The lowest BCUT2D eigenvalue weighted by Gasteiger charge is -2.31. The first-order valence-corrected chi connectivity index (χ1v) is 14.3. The Morgan fingerprint density at radius 3 is 2.39 bits per heavy atom. The van der Waals surface area contributed by atoms with Crippen LogP contribution >= 0.6 is 0 Å². The molecule has 0 fully saturated rings. The van der Waals surface area contributed by atoms with E-state index in [4.69, 9.17) is 0 Å². The molecule has 0 aliphatic heterocycles. The average molecular weight is 520 g/mol. The van der Waals surface area contributed by atoms with Crippen molar-refractivity contribution in [3.05, 3.63) is 65.5 Å². The normalized spacial score (nSPS) is 12.1. The number of nitrogens with zero attached hydrogens (tertiary/aromatic N) is 2. The van der Waals surface area contributed by atoms with Crippen LogP contribution in [-0.4, -0.2) is 50.5 Å². The molecule has 2 rings (SSSR count). The zero-order chi connectivity index (χ0) is 26.7. The number of aryl methyl sites for hydroxylation is 1. The summed E-state index contributed by atoms with van der Waals surface area (Å²) in [5, 5.41) is 2.93. The summed E-state index contributed by atoms with van der Waals surface area (Å²) in [5.41, 5.74) is 1.91. The maximum absolute atomic E-state index is 14.3. The van der Waals surface area contributed by atoms with Crippen LogP contribution in [0.15, 0.2) is 48.5 Å². The number of anilines is 1. The highest BCUT2D eigenvalue weighted by Gasteiger charge is 2.29. The third-order valence-electron chi connectivity index (χ3n) is 5.92. The lowest BCUT2D eigenvalue weighted by molar-refractivity contribution is -0.141. The Kier molecular flexibility index (Phi) is 11.4. The number of halogens is 1. The number of amides is 2. The van der Waals surface area contributed by atoms with Crippen LogP contribution in [0.3, 0.4) is 0 Å². The van der Waals surface area contributed by atoms with Crippen molar-refractivity contribution in [3.8, 4) is 0 Å². The van der Waals surface area contributed by atoms with Gasteiger partial charge < -0.3 is 10.2 Å². The number of nitrogens with one attached hydrogen (secondary N) is 1. The fourth-order valence-electron chi connectivity index (χ4n) is 4.07. The highest BCUT2D eigenvalue weighted by atomic mass is 32.2. The number of para-hydroxylation sites is 1. The van der Waals surface area contributed by atoms with Gasteiger partial charge in [0.2, 0.25) is 21.8 Å². The monoisotopic (exact) mass is 519 g/mol. The first-order chi connectivity index (χ1) is 17.1. The molecule has 2 amide bonds. The Morgan fingerprint density at radius 2 is 1.78 bits per heavy atom. The van der Waals surface area contributed by atoms with Gasteiger partial charge >= 0.3 is 0 Å². The molecule has 7 nitrogen and oxygen atoms in total. The standard InChI is InChI=1S/C27H38FN3O4S/c1-5-7-17-29-27(33)24(6-2)30(20-22-13-10-12-21(3)19-22)26(32)16-11-18-31(36(4,34)35)25-15-9-8-14-23(25)28/h8-10,12-15,19,24H,5-7,11,16-18,20H2,1-4H3,(H,29,33)/t24-/m1/s1. The highest BCUT2D eigenvalue weighted by Crippen LogP contribution is 2.22. The lowest BCUT2D eigenvalue weighted by Crippen LogP contribution is -2.49. The summed E-state index contributed by atoms with van der Waals surface area (Å²) in [6.45, 7) is 6.63. The predicted octanol–water partition coefficient (Wildman–Crippen LogP) is 4.40. The van der Waals surface area contributed by atoms with Crippen LogP contribution in [0.1, 0.15) is 57.1 Å². The highest BCUT2D eigenvalue weighted by molar-refractivity contribution is 7.92. The molecule has 198 valence electrons. The summed E-state index contributed by atoms with van der Waals surface area (Å²) in [6, 6.07) is 12.8. The molecule has 2 aromatic carbocycles. The van der Waals surface area contributed by atoms with Gasteiger partial charge in [-0.2, -0.15) is 0 Å². The van der Waals surface area contributed by atoms with Crippen LogP contribution in [0.25, 0.3) is 0 Å². The lowest BCUT2D eigenvalue weighted by atomic mass is 10.1. The molecule has 9 heteroatoms. The molecule has 0 aliphatic rings. The van der Waals surface area contributed by atoms with Gasteiger partial charge in [0.05, 0.1) is 11.9 Å². The summed E-state index contributed by atoms with van der Waals surface area (Å²) >= 11 is 0. The number of hydrogen-bond acceptors (Lipinski definition) is 4. The molecular formula is C27H38FN3O4S. The second kappa shape index (κ2) is 14.0. The molecule has 0 unspecified atom stereocenters. The molecule has 0 heterocycles. The van der Waals surface area contributed by atoms with E-state index in [0.717, 1.165) is 34.5 Å². The van der Waals surface area contributed by atoms with E-state index in [1.807, 2.05) is 45.0 Å². The van der Waals surface area contributed by atoms with E-state index in [-0.39, 0.29) is 43.4 Å². The smallest absolute Gasteiger partial charge is 0.242 e. The van der Waals surface area contributed by atoms with Gasteiger partial charge in [0, 0.05) is 26.1 Å². The van der Waals surface area contributed by atoms with Crippen LogP contribution < -0.4 is 9.62 Å². The molecule has 1 atom stereocenters. The molecule has 0 saturated heterocycles. The van der Waals surface area contributed by atoms with Gasteiger partial charge in [-0.3, -0.25) is 13.9 Å². The van der Waals surface area contributed by atoms with Crippen molar-refractivity contribution in [2.24, 2.45) is 0 Å². The molecule has 0 aromatic heterocycles. The topological polar surface area (TPSA) is 86.8 Å². The fourth-order valence-corrected chi connectivity index (χ4v) is 5.04. The van der Waals surface area contributed by atoms with Crippen molar-refractivity contribution in [1.29, 1.82) is 0 Å². The first-order valence-electron chi connectivity index (χ1n) is 12.4. The Morgan fingerprint density at radius 1 is 1.06 bits per heavy atom. The van der Waals surface area contributed by atoms with Gasteiger partial charge in [-0.1, -0.05) is 62.2 Å². The number of hydrogen-bond donors (Lipinski definition) is 1. The average Bonchev–Trinajstić information content (AvgIpc) is 2.81. The largest absolute Gasteiger partial charge is 0.354 e. The van der Waals surface area contributed by atoms with E-state index in [1.54, 1.807) is 11.0 Å². The quantitative estimate of drug-likeness (QED) is 0.375. The van der Waals surface area contributed by atoms with E-state index in [0.29, 0.717) is 13.0 Å². The van der Waals surface area contributed by atoms with E-state index >= 15 is 0 Å². The van der Waals surface area contributed by atoms with Gasteiger partial charge in [0.1, 0.15) is 11.9 Å². The van der Waals surface area contributed by atoms with Crippen molar-refractivity contribution in [3.63, 3.8) is 0 Å². The van der Waals surface area contributed by atoms with E-state index in [2.05, 4.69) is 5.32 Å². The molecular weight excluding hydrogens is 481 g/mol. The van der Waals surface area contributed by atoms with Gasteiger partial charge in [0.25, 0.3) is 0 Å². The third kappa shape index (κ3) is 8.62. The third-order valence-corrected chi connectivity index (χ3v) is 7.10. The molecule has 36 heavy (non-hydrogen) atoms. The van der Waals surface area contributed by atoms with Crippen LogP contribution in [0.4, 0.5) is 10.1 Å². The van der Waals surface area contributed by atoms with Gasteiger partial charge in [-0.25, -0.2) is 12.8 Å². The molecule has 0 spiro atoms. The summed E-state index contributed by atoms with van der Waals surface area (Å²) in [6.07, 6.45) is 3.45. The van der Waals surface area contributed by atoms with Gasteiger partial charge in [-0.05, 0) is 43.9 Å². The SMILES string of the molecule is CCCCNC(=O)[C@@H](CC)N(Cc1cccc(C)c1)C(=O)CCCN(c1ccccc1F)S(C)(=O)=O. The minimum Gasteiger partial charge on any atom is -0.354 e. The van der Waals surface area contributed by atoms with Crippen molar-refractivity contribution in [2.45, 2.75) is 65.5 Å². The van der Waals surface area contributed by atoms with Crippen LogP contribution in [-0.2, 0) is 26.2 Å². The number of rotatable bonds is 14. The van der Waals surface area contributed by atoms with Gasteiger partial charge in [0.15, 0.2) is 0 Å². The van der Waals surface area contributed by atoms with Crippen LogP contribution in [0.2, 0.25) is 0 Å². The van der Waals surface area contributed by atoms with Crippen LogP contribution in [0.5, 0.6) is 0 Å². The second-order valence-corrected chi connectivity index (χ2v) is 10.9. The Bertz CT molecular complexity index is 1120. The zero-order valence-electron chi connectivity index (χ0n) is 21.7. The van der Waals surface area contributed by atoms with E-state index in [1.165, 1.54) is 18.2 Å². The number of benzene rings is 2. The Balaban J connectivity index is 2.21. The maximum Gasteiger partial charge on any atom is 0.242 e. The summed E-state index contributed by atoms with van der Waals surface area (Å²) in [4.78, 5) is 27.9. The minimum atomic E-state index is -3.75. The summed E-state index contributed by atoms with van der Waals surface area (Å²) < 4.78 is 40.0. The summed E-state index contributed by atoms with van der Waals surface area (Å²) in [5.74, 6) is -1.10. The number of carbonyl (C=O) groups is 2. The van der Waals surface area contributed by atoms with Crippen molar-refractivity contribution >= 4 is 27.5 Å². The molecule has 0 bridgehead atoms. The molecule has 1 N–H and O–H groups in total. The van der Waals surface area contributed by atoms with Crippen molar-refractivity contribution in [1.82, 2.24) is 10.2 Å². The van der Waals surface area contributed by atoms with Crippen LogP contribution in [0, 0.1) is 12.7 Å². The predicted molar refractivity (Wildman–Crippen MR) is 142 cm³/mol. The molecule has 2 aromatic rings.